The first-order chi connectivity index (χ1) is 17.3. The Labute approximate surface area is 220 Å². The highest BCUT2D eigenvalue weighted by molar-refractivity contribution is 9.10. The van der Waals surface area contributed by atoms with E-state index in [1.165, 1.54) is 11.3 Å². The summed E-state index contributed by atoms with van der Waals surface area (Å²) >= 11 is 4.77. The molecule has 1 atom stereocenters. The molecule has 10 heteroatoms. The minimum absolute atomic E-state index is 0.207. The van der Waals surface area contributed by atoms with Crippen molar-refractivity contribution < 1.29 is 23.7 Å². The van der Waals surface area contributed by atoms with Crippen LogP contribution in [0.1, 0.15) is 31.0 Å². The molecule has 2 aromatic carbocycles. The summed E-state index contributed by atoms with van der Waals surface area (Å²) in [7, 11) is 4.70. The highest BCUT2D eigenvalue weighted by Crippen LogP contribution is 2.35. The van der Waals surface area contributed by atoms with Gasteiger partial charge in [0.2, 0.25) is 0 Å². The van der Waals surface area contributed by atoms with Crippen molar-refractivity contribution in [2.24, 2.45) is 4.99 Å². The fourth-order valence-electron chi connectivity index (χ4n) is 4.05. The first-order valence-electron chi connectivity index (χ1n) is 11.1. The number of nitrogens with zero attached hydrogens (tertiary/aromatic N) is 2. The zero-order valence-corrected chi connectivity index (χ0v) is 22.9. The van der Waals surface area contributed by atoms with Crippen LogP contribution in [-0.2, 0) is 9.53 Å². The summed E-state index contributed by atoms with van der Waals surface area (Å²) in [5.41, 5.74) is 2.05. The van der Waals surface area contributed by atoms with E-state index in [1.54, 1.807) is 64.0 Å². The highest BCUT2D eigenvalue weighted by Gasteiger charge is 2.33. The molecule has 4 rings (SSSR count). The summed E-state index contributed by atoms with van der Waals surface area (Å²) in [4.78, 5) is 31.9. The lowest BCUT2D eigenvalue weighted by molar-refractivity contribution is -0.139. The maximum Gasteiger partial charge on any atom is 0.338 e. The summed E-state index contributed by atoms with van der Waals surface area (Å²) in [5, 5.41) is 0. The summed E-state index contributed by atoms with van der Waals surface area (Å²) in [5.74, 6) is 1.28. The van der Waals surface area contributed by atoms with Crippen LogP contribution in [0, 0.1) is 0 Å². The molecule has 2 heterocycles. The van der Waals surface area contributed by atoms with E-state index in [1.807, 2.05) is 18.2 Å². The second kappa shape index (κ2) is 10.7. The molecular weight excluding hydrogens is 548 g/mol. The topological polar surface area (TPSA) is 88.4 Å². The number of fused-ring (bicyclic) bond motifs is 1. The minimum atomic E-state index is -0.713. The number of hydrogen-bond acceptors (Lipinski definition) is 8. The zero-order chi connectivity index (χ0) is 26.0. The molecule has 0 amide bonds. The lowest BCUT2D eigenvalue weighted by Crippen LogP contribution is -2.39. The van der Waals surface area contributed by atoms with Crippen LogP contribution in [0.15, 0.2) is 61.9 Å². The number of ether oxygens (including phenoxy) is 4. The van der Waals surface area contributed by atoms with Crippen molar-refractivity contribution in [1.82, 2.24) is 4.57 Å². The van der Waals surface area contributed by atoms with Crippen molar-refractivity contribution in [3.8, 4) is 17.2 Å². The van der Waals surface area contributed by atoms with E-state index in [0.29, 0.717) is 42.3 Å². The number of allylic oxidation sites excluding steroid dienone is 1. The lowest BCUT2D eigenvalue weighted by atomic mass is 9.96. The molecule has 8 nitrogen and oxygen atoms in total. The largest absolute Gasteiger partial charge is 0.496 e. The molecule has 1 aromatic heterocycles. The molecule has 0 aliphatic carbocycles. The summed E-state index contributed by atoms with van der Waals surface area (Å²) in [6, 6.07) is 10.2. The van der Waals surface area contributed by atoms with Gasteiger partial charge in [0, 0.05) is 0 Å². The van der Waals surface area contributed by atoms with Crippen molar-refractivity contribution in [1.29, 1.82) is 0 Å². The number of carbonyl (C=O) groups excluding carboxylic acids is 1. The first kappa shape index (κ1) is 25.7. The van der Waals surface area contributed by atoms with Gasteiger partial charge in [-0.15, -0.1) is 0 Å². The summed E-state index contributed by atoms with van der Waals surface area (Å²) in [6.45, 7) is 3.70. The van der Waals surface area contributed by atoms with Crippen molar-refractivity contribution >= 4 is 39.3 Å². The van der Waals surface area contributed by atoms with E-state index < -0.39 is 12.0 Å². The number of carbonyl (C=O) groups is 1. The third kappa shape index (κ3) is 4.70. The van der Waals surface area contributed by atoms with Gasteiger partial charge in [-0.1, -0.05) is 23.5 Å². The van der Waals surface area contributed by atoms with Gasteiger partial charge < -0.3 is 18.9 Å². The van der Waals surface area contributed by atoms with E-state index in [9.17, 15) is 9.59 Å². The second-order valence-corrected chi connectivity index (χ2v) is 9.67. The average molecular weight is 573 g/mol. The number of benzene rings is 2. The molecule has 0 saturated carbocycles. The molecule has 36 heavy (non-hydrogen) atoms. The third-order valence-corrected chi connectivity index (χ3v) is 7.32. The van der Waals surface area contributed by atoms with Gasteiger partial charge in [-0.05, 0) is 71.2 Å². The molecule has 1 aliphatic heterocycles. The standard InChI is InChI=1S/C26H25BrN2O6S/c1-6-35-25(31)22-14(2)28-26-29(23(22)16-8-10-18(32-3)17(27)13-16)24(30)21(36-26)12-15-7-9-19(33-4)20(11-15)34-5/h7-13,23H,6H2,1-5H3/b21-12+/t23-/m1/s1. The van der Waals surface area contributed by atoms with Crippen LogP contribution in [0.25, 0.3) is 6.08 Å². The molecule has 0 unspecified atom stereocenters. The van der Waals surface area contributed by atoms with E-state index in [2.05, 4.69) is 20.9 Å². The maximum atomic E-state index is 13.7. The Morgan fingerprint density at radius 3 is 2.42 bits per heavy atom. The van der Waals surface area contributed by atoms with Crippen LogP contribution in [0.5, 0.6) is 17.2 Å². The van der Waals surface area contributed by atoms with E-state index in [-0.39, 0.29) is 12.2 Å². The minimum Gasteiger partial charge on any atom is -0.496 e. The van der Waals surface area contributed by atoms with Gasteiger partial charge >= 0.3 is 5.97 Å². The van der Waals surface area contributed by atoms with Crippen LogP contribution in [-0.4, -0.2) is 38.5 Å². The molecule has 0 fully saturated rings. The Bertz CT molecular complexity index is 1540. The Morgan fingerprint density at radius 1 is 1.08 bits per heavy atom. The van der Waals surface area contributed by atoms with E-state index >= 15 is 0 Å². The molecular formula is C26H25BrN2O6S. The zero-order valence-electron chi connectivity index (χ0n) is 20.5. The first-order valence-corrected chi connectivity index (χ1v) is 12.7. The number of thiazole rings is 1. The van der Waals surface area contributed by atoms with Crippen molar-refractivity contribution in [2.75, 3.05) is 27.9 Å². The van der Waals surface area contributed by atoms with Crippen LogP contribution in [0.3, 0.4) is 0 Å². The predicted molar refractivity (Wildman–Crippen MR) is 141 cm³/mol. The number of halogens is 1. The fourth-order valence-corrected chi connectivity index (χ4v) is 5.66. The summed E-state index contributed by atoms with van der Waals surface area (Å²) < 4.78 is 24.1. The Morgan fingerprint density at radius 2 is 1.78 bits per heavy atom. The van der Waals surface area contributed by atoms with Crippen molar-refractivity contribution in [3.05, 3.63) is 83.0 Å². The van der Waals surface area contributed by atoms with Gasteiger partial charge in [0.15, 0.2) is 16.3 Å². The Hall–Kier alpha value is -3.37. The highest BCUT2D eigenvalue weighted by atomic mass is 79.9. The molecule has 0 N–H and O–H groups in total. The monoisotopic (exact) mass is 572 g/mol. The Balaban J connectivity index is 1.94. The quantitative estimate of drug-likeness (QED) is 0.402. The van der Waals surface area contributed by atoms with Crippen LogP contribution in [0.4, 0.5) is 0 Å². The third-order valence-electron chi connectivity index (χ3n) is 5.71. The van der Waals surface area contributed by atoms with Gasteiger partial charge in [-0.25, -0.2) is 9.79 Å². The number of rotatable bonds is 7. The molecule has 1 aliphatic rings. The van der Waals surface area contributed by atoms with Crippen LogP contribution < -0.4 is 29.1 Å². The van der Waals surface area contributed by atoms with Gasteiger partial charge in [0.05, 0.1) is 54.3 Å². The number of aromatic nitrogens is 1. The van der Waals surface area contributed by atoms with E-state index in [0.717, 1.165) is 11.1 Å². The predicted octanol–water partition coefficient (Wildman–Crippen LogP) is 3.59. The fraction of sp³-hybridized carbons (Fsp3) is 0.269. The molecule has 3 aromatic rings. The normalized spacial score (nSPS) is 15.3. The van der Waals surface area contributed by atoms with Gasteiger partial charge in [0.1, 0.15) is 5.75 Å². The molecule has 0 spiro atoms. The van der Waals surface area contributed by atoms with Gasteiger partial charge in [-0.2, -0.15) is 0 Å². The smallest absolute Gasteiger partial charge is 0.338 e. The van der Waals surface area contributed by atoms with Crippen LogP contribution in [0.2, 0.25) is 0 Å². The number of hydrogen-bond donors (Lipinski definition) is 0. The Kier molecular flexibility index (Phi) is 7.65. The van der Waals surface area contributed by atoms with Crippen molar-refractivity contribution in [2.45, 2.75) is 19.9 Å². The average Bonchev–Trinajstić information content (AvgIpc) is 3.17. The SMILES string of the molecule is CCOC(=O)C1=C(C)N=c2s/c(=C/c3ccc(OC)c(OC)c3)c(=O)n2[C@@H]1c1ccc(OC)c(Br)c1. The second-order valence-electron chi connectivity index (χ2n) is 7.81. The van der Waals surface area contributed by atoms with Gasteiger partial charge in [0.25, 0.3) is 5.56 Å². The lowest BCUT2D eigenvalue weighted by Gasteiger charge is -2.25. The van der Waals surface area contributed by atoms with E-state index in [4.69, 9.17) is 18.9 Å². The molecule has 0 radical (unpaired) electrons. The molecule has 188 valence electrons. The number of methoxy groups -OCH3 is 3. The summed E-state index contributed by atoms with van der Waals surface area (Å²) in [6.07, 6.45) is 1.77. The molecule has 0 saturated heterocycles. The van der Waals surface area contributed by atoms with Gasteiger partial charge in [-0.3, -0.25) is 9.36 Å². The van der Waals surface area contributed by atoms with Crippen molar-refractivity contribution in [3.63, 3.8) is 0 Å². The number of esters is 1. The molecule has 0 bridgehead atoms. The van der Waals surface area contributed by atoms with Crippen LogP contribution >= 0.6 is 27.3 Å². The maximum absolute atomic E-state index is 13.7.